The maximum atomic E-state index is 12.6. The highest BCUT2D eigenvalue weighted by Crippen LogP contribution is 2.33. The minimum absolute atomic E-state index is 0.186. The molecule has 0 bridgehead atoms. The van der Waals surface area contributed by atoms with Gasteiger partial charge in [-0.2, -0.15) is 0 Å². The van der Waals surface area contributed by atoms with Crippen molar-refractivity contribution >= 4 is 27.6 Å². The molecule has 0 saturated carbocycles. The lowest BCUT2D eigenvalue weighted by Gasteiger charge is -2.26. The topological polar surface area (TPSA) is 32.3 Å². The summed E-state index contributed by atoms with van der Waals surface area (Å²) in [5.74, 6) is 0. The Morgan fingerprint density at radius 1 is 1.47 bits per heavy atom. The molecule has 0 spiro atoms. The van der Waals surface area contributed by atoms with Crippen LogP contribution in [0.5, 0.6) is 0 Å². The summed E-state index contributed by atoms with van der Waals surface area (Å²) in [5.41, 5.74) is 2.05. The zero-order chi connectivity index (χ0) is 12.6. The molecule has 2 rings (SSSR count). The van der Waals surface area contributed by atoms with Crippen molar-refractivity contribution in [2.75, 3.05) is 12.4 Å². The first-order valence-electron chi connectivity index (χ1n) is 5.06. The first kappa shape index (κ1) is 12.3. The molecule has 1 aromatic carbocycles. The Labute approximate surface area is 106 Å². The van der Waals surface area contributed by atoms with Gasteiger partial charge >= 0.3 is 6.03 Å². The van der Waals surface area contributed by atoms with Crippen LogP contribution in [-0.4, -0.2) is 24.4 Å². The second kappa shape index (κ2) is 4.60. The highest BCUT2D eigenvalue weighted by Gasteiger charge is 2.23. The van der Waals surface area contributed by atoms with E-state index in [4.69, 9.17) is 0 Å². The Morgan fingerprint density at radius 3 is 2.82 bits per heavy atom. The number of nitrogens with one attached hydrogen (secondary N) is 1. The quantitative estimate of drug-likeness (QED) is 0.835. The monoisotopic (exact) mass is 304 g/mol. The van der Waals surface area contributed by atoms with E-state index in [0.29, 0.717) is 17.8 Å². The number of urea groups is 1. The van der Waals surface area contributed by atoms with Crippen LogP contribution in [0.1, 0.15) is 16.0 Å². The van der Waals surface area contributed by atoms with E-state index in [1.807, 2.05) is 0 Å². The van der Waals surface area contributed by atoms with E-state index < -0.39 is 11.3 Å². The number of hydrogen-bond acceptors (Lipinski definition) is 1. The van der Waals surface area contributed by atoms with Crippen LogP contribution in [0.4, 0.5) is 19.3 Å². The summed E-state index contributed by atoms with van der Waals surface area (Å²) in [4.78, 5) is 11.9. The van der Waals surface area contributed by atoms with E-state index in [2.05, 4.69) is 21.2 Å². The number of halogens is 3. The number of carbonyl (C=O) groups is 1. The minimum Gasteiger partial charge on any atom is -0.323 e. The third-order valence-electron chi connectivity index (χ3n) is 2.66. The van der Waals surface area contributed by atoms with E-state index in [-0.39, 0.29) is 6.03 Å². The van der Waals surface area contributed by atoms with Gasteiger partial charge in [-0.15, -0.1) is 0 Å². The molecule has 2 amide bonds. The number of anilines is 1. The standard InChI is InChI=1S/C11H11BrF2N2O/c1-16-5-7-4-6(9(12)10(13)14)2-3-8(7)15-11(16)17/h2-4,9-10H,5H2,1H3,(H,15,17). The smallest absolute Gasteiger partial charge is 0.321 e. The lowest BCUT2D eigenvalue weighted by atomic mass is 10.0. The van der Waals surface area contributed by atoms with Crippen molar-refractivity contribution in [2.24, 2.45) is 0 Å². The van der Waals surface area contributed by atoms with Gasteiger partial charge in [0.15, 0.2) is 0 Å². The number of hydrogen-bond donors (Lipinski definition) is 1. The molecule has 92 valence electrons. The average Bonchev–Trinajstić information content (AvgIpc) is 2.29. The number of benzene rings is 1. The minimum atomic E-state index is -2.45. The molecule has 1 aliphatic rings. The third-order valence-corrected chi connectivity index (χ3v) is 3.59. The Bertz CT molecular complexity index is 453. The molecule has 1 heterocycles. The Morgan fingerprint density at radius 2 is 2.18 bits per heavy atom. The molecule has 0 fully saturated rings. The molecule has 6 heteroatoms. The van der Waals surface area contributed by atoms with Crippen molar-refractivity contribution in [1.29, 1.82) is 0 Å². The summed E-state index contributed by atoms with van der Waals surface area (Å²) in [7, 11) is 1.66. The van der Waals surface area contributed by atoms with Gasteiger partial charge in [0.05, 0.1) is 0 Å². The second-order valence-electron chi connectivity index (χ2n) is 3.94. The molecule has 1 unspecified atom stereocenters. The van der Waals surface area contributed by atoms with Crippen molar-refractivity contribution in [1.82, 2.24) is 4.90 Å². The molecule has 0 radical (unpaired) electrons. The SMILES string of the molecule is CN1Cc2cc(C(Br)C(F)F)ccc2NC1=O. The zero-order valence-electron chi connectivity index (χ0n) is 9.08. The predicted octanol–water partition coefficient (Wildman–Crippen LogP) is 3.37. The van der Waals surface area contributed by atoms with Gasteiger partial charge in [0, 0.05) is 19.3 Å². The van der Waals surface area contributed by atoms with Crippen LogP contribution in [0.15, 0.2) is 18.2 Å². The first-order valence-corrected chi connectivity index (χ1v) is 5.98. The van der Waals surface area contributed by atoms with E-state index in [1.165, 1.54) is 4.90 Å². The van der Waals surface area contributed by atoms with Crippen molar-refractivity contribution in [2.45, 2.75) is 17.8 Å². The van der Waals surface area contributed by atoms with Crippen molar-refractivity contribution in [3.05, 3.63) is 29.3 Å². The summed E-state index contributed by atoms with van der Waals surface area (Å²) in [6.07, 6.45) is -2.45. The summed E-state index contributed by atoms with van der Waals surface area (Å²) >= 11 is 2.95. The molecule has 3 nitrogen and oxygen atoms in total. The second-order valence-corrected chi connectivity index (χ2v) is 4.93. The number of fused-ring (bicyclic) bond motifs is 1. The molecule has 1 aromatic rings. The number of rotatable bonds is 2. The van der Waals surface area contributed by atoms with Crippen LogP contribution in [0, 0.1) is 0 Å². The molecule has 17 heavy (non-hydrogen) atoms. The number of amides is 2. The molecule has 1 atom stereocenters. The Kier molecular flexibility index (Phi) is 3.33. The van der Waals surface area contributed by atoms with E-state index in [9.17, 15) is 13.6 Å². The van der Waals surface area contributed by atoms with Gasteiger partial charge in [-0.05, 0) is 17.2 Å². The van der Waals surface area contributed by atoms with Crippen LogP contribution < -0.4 is 5.32 Å². The van der Waals surface area contributed by atoms with Gasteiger partial charge in [0.2, 0.25) is 0 Å². The van der Waals surface area contributed by atoms with Crippen molar-refractivity contribution in [3.63, 3.8) is 0 Å². The predicted molar refractivity (Wildman–Crippen MR) is 64.6 cm³/mol. The average molecular weight is 305 g/mol. The van der Waals surface area contributed by atoms with Crippen LogP contribution >= 0.6 is 15.9 Å². The molecule has 0 aliphatic carbocycles. The largest absolute Gasteiger partial charge is 0.323 e. The Balaban J connectivity index is 2.32. The molecule has 0 aromatic heterocycles. The van der Waals surface area contributed by atoms with Gasteiger partial charge in [-0.25, -0.2) is 13.6 Å². The highest BCUT2D eigenvalue weighted by molar-refractivity contribution is 9.09. The van der Waals surface area contributed by atoms with Gasteiger partial charge in [0.25, 0.3) is 6.43 Å². The van der Waals surface area contributed by atoms with Crippen LogP contribution in [0.25, 0.3) is 0 Å². The first-order chi connectivity index (χ1) is 7.99. The van der Waals surface area contributed by atoms with Crippen LogP contribution in [0.3, 0.4) is 0 Å². The fourth-order valence-corrected chi connectivity index (χ4v) is 2.01. The third kappa shape index (κ3) is 2.41. The van der Waals surface area contributed by atoms with Gasteiger partial charge in [-0.1, -0.05) is 28.1 Å². The fraction of sp³-hybridized carbons (Fsp3) is 0.364. The molecule has 1 aliphatic heterocycles. The summed E-state index contributed by atoms with van der Waals surface area (Å²) in [5, 5.41) is 2.69. The highest BCUT2D eigenvalue weighted by atomic mass is 79.9. The van der Waals surface area contributed by atoms with Crippen molar-refractivity contribution in [3.8, 4) is 0 Å². The van der Waals surface area contributed by atoms with Gasteiger partial charge < -0.3 is 10.2 Å². The van der Waals surface area contributed by atoms with Crippen LogP contribution in [0.2, 0.25) is 0 Å². The van der Waals surface area contributed by atoms with Crippen molar-refractivity contribution < 1.29 is 13.6 Å². The zero-order valence-corrected chi connectivity index (χ0v) is 10.7. The maximum Gasteiger partial charge on any atom is 0.321 e. The normalized spacial score (nSPS) is 16.8. The fourth-order valence-electron chi connectivity index (χ4n) is 1.72. The number of nitrogens with zero attached hydrogens (tertiary/aromatic N) is 1. The molecular weight excluding hydrogens is 294 g/mol. The molecule has 0 saturated heterocycles. The molecule has 1 N–H and O–H groups in total. The number of carbonyl (C=O) groups excluding carboxylic acids is 1. The Hall–Kier alpha value is -1.17. The lowest BCUT2D eigenvalue weighted by Crippen LogP contribution is -2.35. The van der Waals surface area contributed by atoms with E-state index in [1.54, 1.807) is 25.2 Å². The van der Waals surface area contributed by atoms with Crippen LogP contribution in [-0.2, 0) is 6.54 Å². The number of alkyl halides is 3. The van der Waals surface area contributed by atoms with Gasteiger partial charge in [0.1, 0.15) is 4.83 Å². The van der Waals surface area contributed by atoms with E-state index in [0.717, 1.165) is 5.56 Å². The van der Waals surface area contributed by atoms with Gasteiger partial charge in [-0.3, -0.25) is 0 Å². The lowest BCUT2D eigenvalue weighted by molar-refractivity contribution is 0.147. The summed E-state index contributed by atoms with van der Waals surface area (Å²) < 4.78 is 25.1. The summed E-state index contributed by atoms with van der Waals surface area (Å²) in [6, 6.07) is 4.76. The molecular formula is C11H11BrF2N2O. The summed E-state index contributed by atoms with van der Waals surface area (Å²) in [6.45, 7) is 0.429. The van der Waals surface area contributed by atoms with E-state index >= 15 is 0 Å². The maximum absolute atomic E-state index is 12.6.